The molecule has 18 heteroatoms. The third-order valence-corrected chi connectivity index (χ3v) is 22.0. The predicted molar refractivity (Wildman–Crippen MR) is 332 cm³/mol. The molecule has 2 bridgehead atoms. The van der Waals surface area contributed by atoms with Gasteiger partial charge in [0.25, 0.3) is 27.7 Å². The number of piperazine rings is 2. The first-order chi connectivity index (χ1) is 40.4. The van der Waals surface area contributed by atoms with Crippen molar-refractivity contribution in [3.63, 3.8) is 0 Å². The lowest BCUT2D eigenvalue weighted by Gasteiger charge is -2.73. The maximum atomic E-state index is 13.7. The number of aryl methyl sites for hydroxylation is 1. The number of unbranched alkanes of at least 4 members (excludes halogenated alkanes) is 2. The van der Waals surface area contributed by atoms with E-state index in [0.29, 0.717) is 34.0 Å². The van der Waals surface area contributed by atoms with E-state index in [1.165, 1.54) is 49.8 Å². The van der Waals surface area contributed by atoms with Gasteiger partial charge in [-0.3, -0.25) is 39.1 Å². The van der Waals surface area contributed by atoms with Gasteiger partial charge in [0.2, 0.25) is 11.8 Å². The summed E-state index contributed by atoms with van der Waals surface area (Å²) < 4.78 is 29.8. The molecule has 3 saturated heterocycles. The summed E-state index contributed by atoms with van der Waals surface area (Å²) in [7, 11) is -4.15. The maximum absolute atomic E-state index is 13.7. The molecule has 0 aromatic heterocycles. The Hall–Kier alpha value is -6.05. The van der Waals surface area contributed by atoms with Gasteiger partial charge in [0, 0.05) is 118 Å². The number of rotatable bonds is 24. The van der Waals surface area contributed by atoms with Gasteiger partial charge in [-0.15, -0.1) is 11.8 Å². The van der Waals surface area contributed by atoms with Crippen molar-refractivity contribution in [2.75, 3.05) is 99.8 Å². The minimum Gasteiger partial charge on any atom is -0.384 e. The van der Waals surface area contributed by atoms with E-state index in [4.69, 9.17) is 0 Å². The van der Waals surface area contributed by atoms with Crippen molar-refractivity contribution in [1.29, 1.82) is 0 Å². The second-order valence-electron chi connectivity index (χ2n) is 25.9. The van der Waals surface area contributed by atoms with Gasteiger partial charge in [-0.1, -0.05) is 69.0 Å². The molecular weight excluding hydrogens is 1090 g/mol. The molecule has 2 atom stereocenters. The van der Waals surface area contributed by atoms with Crippen LogP contribution < -0.4 is 25.6 Å². The number of hydrogen-bond acceptors (Lipinski definition) is 14. The molecule has 6 fully saturated rings. The van der Waals surface area contributed by atoms with E-state index in [-0.39, 0.29) is 34.9 Å². The standard InChI is InChI=1S/C66H85N9O7S2/c1-5-65-43-66(44-65,45-65)54-40-64(3,4)27-25-48(54)41-73-35-37-74(38-36-73)50-19-17-47(18-20-50)60(77)70-84(81,82)52-21-22-55(46(2)39-52)68-49(42-83-51-13-8-6-9-14-51)26-30-72-33-31-71(32-34-72)29-11-7-10-28-67-56-16-12-15-53-59(56)63(80)75(62(53)79)57-23-24-58(76)69-61(57)78/h6,8-9,12-22,39,49,57,67-68H,5,7,10-11,23-38,40-45H2,1-4H3,(H,70,77)(H,69,76,78)/t49-,57?,65?,66?/m1/s1. The normalized spacial score (nSPS) is 24.1. The number of nitrogens with one attached hydrogen (secondary N) is 4. The van der Waals surface area contributed by atoms with E-state index in [2.05, 4.69) is 73.2 Å². The molecule has 8 aliphatic rings. The van der Waals surface area contributed by atoms with Crippen molar-refractivity contribution >= 4 is 68.4 Å². The maximum Gasteiger partial charge on any atom is 0.264 e. The molecule has 4 heterocycles. The van der Waals surface area contributed by atoms with Gasteiger partial charge in [0.1, 0.15) is 6.04 Å². The second kappa shape index (κ2) is 25.1. The fraction of sp³-hybridized carbons (Fsp3) is 0.530. The highest BCUT2D eigenvalue weighted by atomic mass is 32.2. The van der Waals surface area contributed by atoms with Crippen LogP contribution in [0.4, 0.5) is 17.1 Å². The topological polar surface area (TPSA) is 184 Å². The summed E-state index contributed by atoms with van der Waals surface area (Å²) in [6, 6.07) is 27.0. The summed E-state index contributed by atoms with van der Waals surface area (Å²) in [5.41, 5.74) is 9.20. The molecule has 448 valence electrons. The second-order valence-corrected chi connectivity index (χ2v) is 28.7. The quantitative estimate of drug-likeness (QED) is 0.0225. The van der Waals surface area contributed by atoms with Gasteiger partial charge < -0.3 is 25.3 Å². The molecule has 4 aromatic carbocycles. The number of piperidine rings is 1. The molecule has 4 aliphatic heterocycles. The number of nitrogens with zero attached hydrogens (tertiary/aromatic N) is 5. The fourth-order valence-corrected chi connectivity index (χ4v) is 16.5. The van der Waals surface area contributed by atoms with E-state index in [9.17, 15) is 32.4 Å². The van der Waals surface area contributed by atoms with Gasteiger partial charge in [0.05, 0.1) is 16.0 Å². The number of carbonyl (C=O) groups excluding carboxylic acids is 5. The number of benzene rings is 4. The zero-order valence-electron chi connectivity index (χ0n) is 49.6. The Balaban J connectivity index is 0.616. The smallest absolute Gasteiger partial charge is 0.264 e. The molecule has 4 aliphatic carbocycles. The number of imide groups is 2. The number of carbonyl (C=O) groups is 5. The van der Waals surface area contributed by atoms with Crippen LogP contribution in [0.15, 0.2) is 112 Å². The van der Waals surface area contributed by atoms with Crippen LogP contribution in [0.5, 0.6) is 0 Å². The SMILES string of the molecule is CCC12CC(C3=C(CN4CCN(c5ccc(C(=O)NS(=O)(=O)c6ccc(N[C@H](CCN7CCN(CCCCCNc8cccc9c8C(=O)N(C8CCC(=O)NC8=O)C9=O)CC7)CSc7ccccc7)c(C)c6)cc5)CC4)CCC(C)(C)C3)(C1)C2. The highest BCUT2D eigenvalue weighted by molar-refractivity contribution is 7.99. The van der Waals surface area contributed by atoms with Crippen LogP contribution in [0, 0.1) is 23.2 Å². The average molecular weight is 1180 g/mol. The van der Waals surface area contributed by atoms with Gasteiger partial charge in [-0.25, -0.2) is 13.1 Å². The van der Waals surface area contributed by atoms with Crippen molar-refractivity contribution in [3.8, 4) is 0 Å². The highest BCUT2D eigenvalue weighted by Crippen LogP contribution is 2.79. The molecule has 0 spiro atoms. The summed E-state index contributed by atoms with van der Waals surface area (Å²) in [5, 5.41) is 9.37. The van der Waals surface area contributed by atoms with Crippen molar-refractivity contribution in [1.82, 2.24) is 29.6 Å². The van der Waals surface area contributed by atoms with Crippen LogP contribution in [0.25, 0.3) is 0 Å². The largest absolute Gasteiger partial charge is 0.384 e. The first kappa shape index (κ1) is 59.7. The number of thioether (sulfide) groups is 1. The number of sulfonamides is 1. The van der Waals surface area contributed by atoms with Crippen molar-refractivity contribution in [2.24, 2.45) is 16.2 Å². The third-order valence-electron chi connectivity index (χ3n) is 19.5. The van der Waals surface area contributed by atoms with E-state index in [1.54, 1.807) is 59.8 Å². The first-order valence-corrected chi connectivity index (χ1v) is 33.3. The highest BCUT2D eigenvalue weighted by Gasteiger charge is 2.68. The van der Waals surface area contributed by atoms with Crippen molar-refractivity contribution in [3.05, 3.63) is 124 Å². The summed E-state index contributed by atoms with van der Waals surface area (Å²) in [4.78, 5) is 76.8. The van der Waals surface area contributed by atoms with Crippen molar-refractivity contribution < 1.29 is 32.4 Å². The number of allylic oxidation sites excluding steroid dienone is 1. The minimum absolute atomic E-state index is 0.0418. The van der Waals surface area contributed by atoms with Crippen LogP contribution in [-0.4, -0.2) is 154 Å². The first-order valence-electron chi connectivity index (χ1n) is 30.8. The molecule has 12 rings (SSSR count). The summed E-state index contributed by atoms with van der Waals surface area (Å²) in [6.07, 6.45) is 13.3. The molecule has 84 heavy (non-hydrogen) atoms. The third kappa shape index (κ3) is 13.2. The monoisotopic (exact) mass is 1180 g/mol. The van der Waals surface area contributed by atoms with Gasteiger partial charge in [-0.2, -0.15) is 0 Å². The Morgan fingerprint density at radius 2 is 1.49 bits per heavy atom. The zero-order valence-corrected chi connectivity index (χ0v) is 51.2. The minimum atomic E-state index is -4.15. The van der Waals surface area contributed by atoms with E-state index >= 15 is 0 Å². The zero-order chi connectivity index (χ0) is 58.8. The summed E-state index contributed by atoms with van der Waals surface area (Å²) in [6.45, 7) is 20.6. The van der Waals surface area contributed by atoms with Crippen molar-refractivity contribution in [2.45, 2.75) is 133 Å². The van der Waals surface area contributed by atoms with E-state index < -0.39 is 45.6 Å². The van der Waals surface area contributed by atoms with Gasteiger partial charge in [-0.05, 0) is 166 Å². The van der Waals surface area contributed by atoms with E-state index in [0.717, 1.165) is 125 Å². The molecular formula is C66H85N9O7S2. The summed E-state index contributed by atoms with van der Waals surface area (Å²) >= 11 is 1.80. The average Bonchev–Trinajstić information content (AvgIpc) is 0.801. The number of anilines is 3. The predicted octanol–water partition coefficient (Wildman–Crippen LogP) is 9.59. The molecule has 5 amide bonds. The molecule has 16 nitrogen and oxygen atoms in total. The van der Waals surface area contributed by atoms with E-state index in [1.807, 2.05) is 48.9 Å². The molecule has 1 unspecified atom stereocenters. The summed E-state index contributed by atoms with van der Waals surface area (Å²) in [5.74, 6) is -1.87. The Labute approximate surface area is 501 Å². The Morgan fingerprint density at radius 1 is 0.774 bits per heavy atom. The Kier molecular flexibility index (Phi) is 17.8. The lowest BCUT2D eigenvalue weighted by atomic mass is 9.31. The Morgan fingerprint density at radius 3 is 2.19 bits per heavy atom. The van der Waals surface area contributed by atoms with Crippen LogP contribution in [0.2, 0.25) is 0 Å². The lowest BCUT2D eigenvalue weighted by molar-refractivity contribution is -0.182. The van der Waals surface area contributed by atoms with Crippen LogP contribution in [0.1, 0.15) is 141 Å². The number of amides is 5. The van der Waals surface area contributed by atoms with Gasteiger partial charge >= 0.3 is 0 Å². The molecule has 4 N–H and O–H groups in total. The molecule has 0 radical (unpaired) electrons. The number of hydrogen-bond donors (Lipinski definition) is 4. The molecule has 3 saturated carbocycles. The molecule has 4 aromatic rings. The van der Waals surface area contributed by atoms with Gasteiger partial charge in [0.15, 0.2) is 0 Å². The fourth-order valence-electron chi connectivity index (χ4n) is 14.5. The van der Waals surface area contributed by atoms with Crippen LogP contribution >= 0.6 is 11.8 Å². The van der Waals surface area contributed by atoms with Crippen LogP contribution in [0.3, 0.4) is 0 Å². The number of fused-ring (bicyclic) bond motifs is 1. The lowest BCUT2D eigenvalue weighted by Crippen LogP contribution is -2.63. The Bertz CT molecular complexity index is 3240. The van der Waals surface area contributed by atoms with Crippen LogP contribution in [-0.2, 0) is 19.6 Å².